The first-order valence-corrected chi connectivity index (χ1v) is 7.70. The maximum absolute atomic E-state index is 13.6. The van der Waals surface area contributed by atoms with E-state index in [0.29, 0.717) is 19.6 Å². The van der Waals surface area contributed by atoms with Gasteiger partial charge in [-0.3, -0.25) is 9.80 Å². The van der Waals surface area contributed by atoms with Gasteiger partial charge in [0, 0.05) is 32.1 Å². The quantitative estimate of drug-likeness (QED) is 0.874. The fourth-order valence-corrected chi connectivity index (χ4v) is 3.70. The molecule has 0 spiro atoms. The van der Waals surface area contributed by atoms with E-state index in [1.165, 1.54) is 0 Å². The summed E-state index contributed by atoms with van der Waals surface area (Å²) >= 11 is 0. The molecule has 0 amide bonds. The minimum atomic E-state index is -2.61. The van der Waals surface area contributed by atoms with Crippen LogP contribution in [0.15, 0.2) is 30.3 Å². The number of fused-ring (bicyclic) bond motifs is 1. The minimum absolute atomic E-state index is 0.125. The fourth-order valence-electron chi connectivity index (χ4n) is 3.70. The van der Waals surface area contributed by atoms with Crippen LogP contribution >= 0.6 is 0 Å². The van der Waals surface area contributed by atoms with Gasteiger partial charge >= 0.3 is 0 Å². The van der Waals surface area contributed by atoms with E-state index in [1.807, 2.05) is 40.1 Å². The molecular formula is C16H22F2N2O2. The number of hydrogen-bond acceptors (Lipinski definition) is 4. The highest BCUT2D eigenvalue weighted by atomic mass is 19.3. The van der Waals surface area contributed by atoms with Gasteiger partial charge in [-0.25, -0.2) is 8.78 Å². The van der Waals surface area contributed by atoms with Gasteiger partial charge in [0.15, 0.2) is 0 Å². The largest absolute Gasteiger partial charge is 0.394 e. The van der Waals surface area contributed by atoms with E-state index in [0.717, 1.165) is 5.56 Å². The van der Waals surface area contributed by atoms with E-state index in [2.05, 4.69) is 0 Å². The van der Waals surface area contributed by atoms with Gasteiger partial charge in [0.25, 0.3) is 5.92 Å². The number of alkyl halides is 2. The lowest BCUT2D eigenvalue weighted by Gasteiger charge is -2.42. The summed E-state index contributed by atoms with van der Waals surface area (Å²) in [6.07, 6.45) is -1.05. The van der Waals surface area contributed by atoms with Crippen molar-refractivity contribution in [1.29, 1.82) is 0 Å². The summed E-state index contributed by atoms with van der Waals surface area (Å²) in [6.45, 7) is 1.17. The summed E-state index contributed by atoms with van der Waals surface area (Å²) in [4.78, 5) is 3.86. The van der Waals surface area contributed by atoms with E-state index < -0.39 is 12.0 Å². The van der Waals surface area contributed by atoms with Crippen molar-refractivity contribution in [2.24, 2.45) is 0 Å². The van der Waals surface area contributed by atoms with Crippen LogP contribution in [0.3, 0.4) is 0 Å². The third kappa shape index (κ3) is 3.15. The average molecular weight is 312 g/mol. The predicted molar refractivity (Wildman–Crippen MR) is 78.8 cm³/mol. The molecule has 0 aliphatic carbocycles. The molecule has 1 aromatic rings. The lowest BCUT2D eigenvalue weighted by Crippen LogP contribution is -2.53. The number of nitrogens with zero attached hydrogens (tertiary/aromatic N) is 2. The molecule has 4 nitrogen and oxygen atoms in total. The molecule has 22 heavy (non-hydrogen) atoms. The zero-order chi connectivity index (χ0) is 15.7. The molecule has 3 atom stereocenters. The Balaban J connectivity index is 1.78. The van der Waals surface area contributed by atoms with E-state index in [1.54, 1.807) is 0 Å². The first-order valence-electron chi connectivity index (χ1n) is 7.70. The van der Waals surface area contributed by atoms with Crippen molar-refractivity contribution < 1.29 is 19.0 Å². The molecule has 2 aliphatic rings. The molecule has 6 heteroatoms. The van der Waals surface area contributed by atoms with Crippen molar-refractivity contribution in [2.45, 2.75) is 30.5 Å². The molecule has 0 aromatic heterocycles. The monoisotopic (exact) mass is 312 g/mol. The molecule has 2 heterocycles. The normalized spacial score (nSPS) is 28.3. The Kier molecular flexibility index (Phi) is 4.45. The summed E-state index contributed by atoms with van der Waals surface area (Å²) < 4.78 is 27.1. The van der Waals surface area contributed by atoms with Crippen LogP contribution in [0, 0.1) is 0 Å². The molecule has 1 aromatic carbocycles. The van der Waals surface area contributed by atoms with Crippen LogP contribution in [0.2, 0.25) is 0 Å². The highest BCUT2D eigenvalue weighted by molar-refractivity contribution is 5.21. The molecule has 2 saturated heterocycles. The van der Waals surface area contributed by atoms with E-state index in [9.17, 15) is 19.0 Å². The summed E-state index contributed by atoms with van der Waals surface area (Å²) in [7, 11) is 0. The van der Waals surface area contributed by atoms with Crippen molar-refractivity contribution >= 4 is 0 Å². The van der Waals surface area contributed by atoms with Crippen LogP contribution in [-0.2, 0) is 0 Å². The second-order valence-electron chi connectivity index (χ2n) is 6.28. The Bertz CT molecular complexity index is 500. The molecule has 0 saturated carbocycles. The number of halogens is 2. The van der Waals surface area contributed by atoms with Crippen molar-refractivity contribution in [3.8, 4) is 0 Å². The molecule has 0 radical (unpaired) electrons. The topological polar surface area (TPSA) is 46.9 Å². The number of aliphatic hydroxyl groups is 2. The summed E-state index contributed by atoms with van der Waals surface area (Å²) in [5.41, 5.74) is 0.905. The molecule has 3 rings (SSSR count). The molecule has 122 valence electrons. The molecule has 2 aliphatic heterocycles. The molecule has 0 bridgehead atoms. The Labute approximate surface area is 129 Å². The van der Waals surface area contributed by atoms with Gasteiger partial charge in [0.05, 0.1) is 25.3 Å². The predicted octanol–water partition coefficient (Wildman–Crippen LogP) is 1.11. The maximum atomic E-state index is 13.6. The van der Waals surface area contributed by atoms with Crippen molar-refractivity contribution in [3.05, 3.63) is 35.9 Å². The van der Waals surface area contributed by atoms with Gasteiger partial charge < -0.3 is 10.2 Å². The van der Waals surface area contributed by atoms with Gasteiger partial charge in [0.1, 0.15) is 0 Å². The zero-order valence-electron chi connectivity index (χ0n) is 12.4. The maximum Gasteiger partial charge on any atom is 0.262 e. The highest BCUT2D eigenvalue weighted by Gasteiger charge is 2.47. The minimum Gasteiger partial charge on any atom is -0.394 e. The Hall–Kier alpha value is -1.08. The van der Waals surface area contributed by atoms with Crippen LogP contribution in [0.25, 0.3) is 0 Å². The molecular weight excluding hydrogens is 290 g/mol. The summed E-state index contributed by atoms with van der Waals surface area (Å²) in [5.74, 6) is -2.61. The van der Waals surface area contributed by atoms with Crippen molar-refractivity contribution in [1.82, 2.24) is 9.80 Å². The van der Waals surface area contributed by atoms with Crippen LogP contribution in [0.4, 0.5) is 8.78 Å². The number of aliphatic hydroxyl groups excluding tert-OH is 2. The van der Waals surface area contributed by atoms with E-state index >= 15 is 0 Å². The lowest BCUT2D eigenvalue weighted by atomic mass is 9.98. The zero-order valence-corrected chi connectivity index (χ0v) is 12.4. The summed E-state index contributed by atoms with van der Waals surface area (Å²) in [6, 6.07) is 8.92. The van der Waals surface area contributed by atoms with Gasteiger partial charge in [-0.05, 0) is 5.56 Å². The fraction of sp³-hybridized carbons (Fsp3) is 0.625. The van der Waals surface area contributed by atoms with Gasteiger partial charge in [-0.15, -0.1) is 0 Å². The molecule has 2 fully saturated rings. The van der Waals surface area contributed by atoms with Crippen LogP contribution < -0.4 is 0 Å². The standard InChI is InChI=1S/C16H22F2N2O2/c17-16(18)8-13-9-19(6-7-20(13)11-16)15(14(22)10-21)12-4-2-1-3-5-12/h1-5,13-15,21-22H,6-11H2/t13-,14?,15?/m0/s1. The third-order valence-electron chi connectivity index (χ3n) is 4.69. The van der Waals surface area contributed by atoms with Crippen molar-refractivity contribution in [3.63, 3.8) is 0 Å². The van der Waals surface area contributed by atoms with Crippen molar-refractivity contribution in [2.75, 3.05) is 32.8 Å². The lowest BCUT2D eigenvalue weighted by molar-refractivity contribution is -0.0187. The summed E-state index contributed by atoms with van der Waals surface area (Å²) in [5, 5.41) is 19.6. The second-order valence-corrected chi connectivity index (χ2v) is 6.28. The van der Waals surface area contributed by atoms with Gasteiger partial charge in [0.2, 0.25) is 0 Å². The highest BCUT2D eigenvalue weighted by Crippen LogP contribution is 2.36. The molecule has 2 unspecified atom stereocenters. The van der Waals surface area contributed by atoms with Gasteiger partial charge in [-0.1, -0.05) is 30.3 Å². The number of benzene rings is 1. The first kappa shape index (κ1) is 15.8. The average Bonchev–Trinajstić information content (AvgIpc) is 2.81. The van der Waals surface area contributed by atoms with Crippen LogP contribution in [0.1, 0.15) is 18.0 Å². The Morgan fingerprint density at radius 3 is 2.64 bits per heavy atom. The van der Waals surface area contributed by atoms with Crippen LogP contribution in [0.5, 0.6) is 0 Å². The van der Waals surface area contributed by atoms with E-state index in [-0.39, 0.29) is 31.7 Å². The van der Waals surface area contributed by atoms with Crippen LogP contribution in [-0.4, -0.2) is 70.9 Å². The third-order valence-corrected chi connectivity index (χ3v) is 4.69. The van der Waals surface area contributed by atoms with Gasteiger partial charge in [-0.2, -0.15) is 0 Å². The van der Waals surface area contributed by atoms with E-state index in [4.69, 9.17) is 0 Å². The SMILES string of the molecule is OCC(O)C(c1ccccc1)N1CCN2CC(F)(F)C[C@H]2C1. The second kappa shape index (κ2) is 6.20. The Morgan fingerprint density at radius 2 is 1.95 bits per heavy atom. The molecule has 2 N–H and O–H groups in total. The number of piperazine rings is 1. The first-order chi connectivity index (χ1) is 10.5. The number of rotatable bonds is 4. The number of hydrogen-bond donors (Lipinski definition) is 2. The Morgan fingerprint density at radius 1 is 1.23 bits per heavy atom. The smallest absolute Gasteiger partial charge is 0.262 e.